The Morgan fingerprint density at radius 1 is 0.875 bits per heavy atom. The van der Waals surface area contributed by atoms with Crippen LogP contribution in [0.25, 0.3) is 0 Å². The zero-order valence-corrected chi connectivity index (χ0v) is 9.82. The average molecular weight is 237 g/mol. The van der Waals surface area contributed by atoms with Gasteiger partial charge in [0.2, 0.25) is 0 Å². The molecule has 0 aromatic heterocycles. The minimum atomic E-state index is -1.55. The van der Waals surface area contributed by atoms with E-state index >= 15 is 0 Å². The lowest BCUT2D eigenvalue weighted by molar-refractivity contribution is -0.119. The van der Waals surface area contributed by atoms with Crippen LogP contribution in [-0.4, -0.2) is 81.1 Å². The smallest absolute Gasteiger partial charge is 0.111 e. The van der Waals surface area contributed by atoms with Crippen LogP contribution in [0.15, 0.2) is 0 Å². The van der Waals surface area contributed by atoms with Crippen molar-refractivity contribution >= 4 is 0 Å². The molecule has 0 bridgehead atoms. The first kappa shape index (κ1) is 15.8. The van der Waals surface area contributed by atoms with E-state index < -0.39 is 31.0 Å². The van der Waals surface area contributed by atoms with Crippen molar-refractivity contribution in [2.45, 2.75) is 38.3 Å². The molecule has 0 aliphatic rings. The number of nitrogens with zero attached hydrogens (tertiary/aromatic N) is 1. The van der Waals surface area contributed by atoms with E-state index in [9.17, 15) is 15.3 Å². The summed E-state index contributed by atoms with van der Waals surface area (Å²) >= 11 is 0. The SMILES string of the molecule is CCN(CC)C[C@@H](O)[C@H](O)[C@@H](O)[C@@H](O)CO. The summed E-state index contributed by atoms with van der Waals surface area (Å²) < 4.78 is 0. The largest absolute Gasteiger partial charge is 0.394 e. The molecule has 0 spiro atoms. The summed E-state index contributed by atoms with van der Waals surface area (Å²) in [5, 5.41) is 46.2. The standard InChI is InChI=1S/C10H23NO5/c1-3-11(4-2)5-7(13)9(15)10(16)8(14)6-12/h7-10,12-16H,3-6H2,1-2H3/t7-,8+,9+,10+/m1/s1. The number of hydrogen-bond donors (Lipinski definition) is 5. The normalized spacial score (nSPS) is 19.5. The fourth-order valence-electron chi connectivity index (χ4n) is 1.42. The van der Waals surface area contributed by atoms with Crippen LogP contribution in [0.2, 0.25) is 0 Å². The molecule has 0 aromatic carbocycles. The molecule has 0 aliphatic carbocycles. The maximum absolute atomic E-state index is 9.62. The Hall–Kier alpha value is -0.240. The number of aliphatic hydroxyl groups is 5. The first-order valence-electron chi connectivity index (χ1n) is 5.53. The lowest BCUT2D eigenvalue weighted by atomic mass is 10.0. The Morgan fingerprint density at radius 2 is 1.31 bits per heavy atom. The Balaban J connectivity index is 4.20. The summed E-state index contributed by atoms with van der Waals surface area (Å²) in [5.41, 5.74) is 0. The molecule has 0 rings (SSSR count). The van der Waals surface area contributed by atoms with Gasteiger partial charge in [-0.15, -0.1) is 0 Å². The molecule has 5 N–H and O–H groups in total. The summed E-state index contributed by atoms with van der Waals surface area (Å²) in [5.74, 6) is 0. The predicted octanol–water partition coefficient (Wildman–Crippen LogP) is -2.24. The van der Waals surface area contributed by atoms with Gasteiger partial charge in [-0.2, -0.15) is 0 Å². The average Bonchev–Trinajstić information content (AvgIpc) is 2.32. The third-order valence-electron chi connectivity index (χ3n) is 2.67. The molecule has 0 saturated heterocycles. The first-order valence-corrected chi connectivity index (χ1v) is 5.53. The monoisotopic (exact) mass is 237 g/mol. The van der Waals surface area contributed by atoms with E-state index in [4.69, 9.17) is 10.2 Å². The molecule has 0 unspecified atom stereocenters. The van der Waals surface area contributed by atoms with Crippen LogP contribution in [0.3, 0.4) is 0 Å². The van der Waals surface area contributed by atoms with Crippen LogP contribution in [0, 0.1) is 0 Å². The molecular formula is C10H23NO5. The van der Waals surface area contributed by atoms with Crippen molar-refractivity contribution in [3.63, 3.8) is 0 Å². The van der Waals surface area contributed by atoms with Crippen LogP contribution in [-0.2, 0) is 0 Å². The highest BCUT2D eigenvalue weighted by atomic mass is 16.4. The molecule has 0 heterocycles. The van der Waals surface area contributed by atoms with E-state index in [1.807, 2.05) is 18.7 Å². The highest BCUT2D eigenvalue weighted by Crippen LogP contribution is 2.06. The van der Waals surface area contributed by atoms with Gasteiger partial charge in [0.25, 0.3) is 0 Å². The molecule has 6 nitrogen and oxygen atoms in total. The van der Waals surface area contributed by atoms with Gasteiger partial charge in [0.1, 0.15) is 18.3 Å². The van der Waals surface area contributed by atoms with Crippen LogP contribution >= 0.6 is 0 Å². The van der Waals surface area contributed by atoms with E-state index in [1.54, 1.807) is 0 Å². The van der Waals surface area contributed by atoms with Gasteiger partial charge in [-0.25, -0.2) is 0 Å². The summed E-state index contributed by atoms with van der Waals surface area (Å²) in [4.78, 5) is 1.88. The van der Waals surface area contributed by atoms with E-state index in [-0.39, 0.29) is 6.54 Å². The summed E-state index contributed by atoms with van der Waals surface area (Å²) in [6.45, 7) is 4.83. The van der Waals surface area contributed by atoms with Gasteiger partial charge >= 0.3 is 0 Å². The van der Waals surface area contributed by atoms with Crippen molar-refractivity contribution < 1.29 is 25.5 Å². The maximum atomic E-state index is 9.62. The Kier molecular flexibility index (Phi) is 7.82. The molecule has 0 fully saturated rings. The number of rotatable bonds is 8. The Labute approximate surface area is 95.8 Å². The lowest BCUT2D eigenvalue weighted by Gasteiger charge is -2.29. The summed E-state index contributed by atoms with van der Waals surface area (Å²) in [7, 11) is 0. The molecule has 0 amide bonds. The number of likely N-dealkylation sites (N-methyl/N-ethyl adjacent to an activating group) is 1. The zero-order chi connectivity index (χ0) is 12.7. The number of aliphatic hydroxyl groups excluding tert-OH is 5. The highest BCUT2D eigenvalue weighted by molar-refractivity contribution is 4.82. The summed E-state index contributed by atoms with van der Waals surface area (Å²) in [6, 6.07) is 0. The molecule has 0 aromatic rings. The highest BCUT2D eigenvalue weighted by Gasteiger charge is 2.30. The maximum Gasteiger partial charge on any atom is 0.111 e. The van der Waals surface area contributed by atoms with Gasteiger partial charge in [0, 0.05) is 6.54 Å². The fourth-order valence-corrected chi connectivity index (χ4v) is 1.42. The molecule has 4 atom stereocenters. The first-order chi connectivity index (χ1) is 7.47. The third kappa shape index (κ3) is 4.73. The van der Waals surface area contributed by atoms with E-state index in [0.717, 1.165) is 13.1 Å². The van der Waals surface area contributed by atoms with Gasteiger partial charge in [0.05, 0.1) is 12.7 Å². The lowest BCUT2D eigenvalue weighted by Crippen LogP contribution is -2.49. The van der Waals surface area contributed by atoms with E-state index in [2.05, 4.69) is 0 Å². The van der Waals surface area contributed by atoms with Gasteiger partial charge in [-0.3, -0.25) is 0 Å². The molecule has 98 valence electrons. The van der Waals surface area contributed by atoms with Crippen LogP contribution in [0.1, 0.15) is 13.8 Å². The second-order valence-electron chi connectivity index (χ2n) is 3.78. The van der Waals surface area contributed by atoms with Gasteiger partial charge in [-0.05, 0) is 13.1 Å². The third-order valence-corrected chi connectivity index (χ3v) is 2.67. The quantitative estimate of drug-likeness (QED) is 0.327. The molecule has 0 aliphatic heterocycles. The van der Waals surface area contributed by atoms with Crippen LogP contribution < -0.4 is 0 Å². The van der Waals surface area contributed by atoms with Gasteiger partial charge in [0.15, 0.2) is 0 Å². The molecular weight excluding hydrogens is 214 g/mol. The van der Waals surface area contributed by atoms with Crippen LogP contribution in [0.4, 0.5) is 0 Å². The Bertz CT molecular complexity index is 177. The van der Waals surface area contributed by atoms with Gasteiger partial charge in [-0.1, -0.05) is 13.8 Å². The minimum Gasteiger partial charge on any atom is -0.394 e. The molecule has 0 saturated carbocycles. The van der Waals surface area contributed by atoms with Crippen molar-refractivity contribution in [1.29, 1.82) is 0 Å². The molecule has 6 heteroatoms. The van der Waals surface area contributed by atoms with Crippen molar-refractivity contribution in [1.82, 2.24) is 4.90 Å². The van der Waals surface area contributed by atoms with Gasteiger partial charge < -0.3 is 30.4 Å². The second-order valence-corrected chi connectivity index (χ2v) is 3.78. The van der Waals surface area contributed by atoms with Crippen molar-refractivity contribution in [3.8, 4) is 0 Å². The minimum absolute atomic E-state index is 0.212. The molecule has 16 heavy (non-hydrogen) atoms. The van der Waals surface area contributed by atoms with Crippen molar-refractivity contribution in [3.05, 3.63) is 0 Å². The van der Waals surface area contributed by atoms with E-state index in [0.29, 0.717) is 0 Å². The topological polar surface area (TPSA) is 104 Å². The van der Waals surface area contributed by atoms with Crippen molar-refractivity contribution in [2.24, 2.45) is 0 Å². The Morgan fingerprint density at radius 3 is 1.69 bits per heavy atom. The second kappa shape index (κ2) is 7.94. The predicted molar refractivity (Wildman–Crippen MR) is 58.9 cm³/mol. The summed E-state index contributed by atoms with van der Waals surface area (Å²) in [6.07, 6.45) is -5.62. The zero-order valence-electron chi connectivity index (χ0n) is 9.82. The van der Waals surface area contributed by atoms with E-state index in [1.165, 1.54) is 0 Å². The fraction of sp³-hybridized carbons (Fsp3) is 1.00. The number of hydrogen-bond acceptors (Lipinski definition) is 6. The molecule has 0 radical (unpaired) electrons. The van der Waals surface area contributed by atoms with Crippen LogP contribution in [0.5, 0.6) is 0 Å². The van der Waals surface area contributed by atoms with Crippen molar-refractivity contribution in [2.75, 3.05) is 26.2 Å².